The Balaban J connectivity index is 1.73. The van der Waals surface area contributed by atoms with Crippen LogP contribution >= 0.6 is 11.3 Å². The lowest BCUT2D eigenvalue weighted by Crippen LogP contribution is -2.47. The first-order chi connectivity index (χ1) is 11.2. The average Bonchev–Trinajstić information content (AvgIpc) is 3.06. The van der Waals surface area contributed by atoms with Crippen LogP contribution in [0, 0.1) is 5.92 Å². The van der Waals surface area contributed by atoms with E-state index in [1.54, 1.807) is 11.3 Å². The van der Waals surface area contributed by atoms with Crippen molar-refractivity contribution in [2.75, 3.05) is 52.9 Å². The number of rotatable bonds is 7. The summed E-state index contributed by atoms with van der Waals surface area (Å²) in [5, 5.41) is 11.1. The molecule has 1 aromatic heterocycles. The molecule has 2 heterocycles. The molecule has 2 N–H and O–H groups in total. The van der Waals surface area contributed by atoms with Crippen LogP contribution in [0.1, 0.15) is 19.4 Å². The zero-order valence-electron chi connectivity index (χ0n) is 14.7. The highest BCUT2D eigenvalue weighted by Crippen LogP contribution is 2.07. The monoisotopic (exact) mass is 337 g/mol. The van der Waals surface area contributed by atoms with E-state index in [2.05, 4.69) is 63.1 Å². The molecule has 1 aliphatic heterocycles. The second kappa shape index (κ2) is 9.90. The Labute approximate surface area is 144 Å². The number of nitrogens with one attached hydrogen (secondary N) is 2. The van der Waals surface area contributed by atoms with Crippen LogP contribution in [0.5, 0.6) is 0 Å². The number of thiophene rings is 1. The Morgan fingerprint density at radius 2 is 2.09 bits per heavy atom. The number of piperazine rings is 1. The molecule has 1 fully saturated rings. The molecule has 130 valence electrons. The number of hydrogen-bond donors (Lipinski definition) is 2. The van der Waals surface area contributed by atoms with Gasteiger partial charge in [0.2, 0.25) is 0 Å². The van der Waals surface area contributed by atoms with Gasteiger partial charge in [0.15, 0.2) is 5.96 Å². The quantitative estimate of drug-likeness (QED) is 0.587. The van der Waals surface area contributed by atoms with E-state index >= 15 is 0 Å². The highest BCUT2D eigenvalue weighted by Gasteiger charge is 2.16. The van der Waals surface area contributed by atoms with Crippen LogP contribution < -0.4 is 10.6 Å². The van der Waals surface area contributed by atoms with Gasteiger partial charge in [0.1, 0.15) is 0 Å². The lowest BCUT2D eigenvalue weighted by Gasteiger charge is -2.34. The van der Waals surface area contributed by atoms with Crippen molar-refractivity contribution in [3.63, 3.8) is 0 Å². The summed E-state index contributed by atoms with van der Waals surface area (Å²) >= 11 is 1.72. The number of guanidine groups is 1. The van der Waals surface area contributed by atoms with Crippen LogP contribution in [-0.4, -0.2) is 68.6 Å². The largest absolute Gasteiger partial charge is 0.357 e. The number of hydrogen-bond acceptors (Lipinski definition) is 4. The predicted octanol–water partition coefficient (Wildman–Crippen LogP) is 1.69. The maximum atomic E-state index is 4.67. The van der Waals surface area contributed by atoms with E-state index in [1.807, 2.05) is 0 Å². The van der Waals surface area contributed by atoms with E-state index < -0.39 is 0 Å². The van der Waals surface area contributed by atoms with Gasteiger partial charge >= 0.3 is 0 Å². The standard InChI is InChI=1S/C17H31N5S/c1-4-18-17(20-12-16-5-10-23-14-16)19-11-15(2)13-22-8-6-21(3)7-9-22/h5,10,14-15H,4,6-9,11-13H2,1-3H3,(H2,18,19,20). The van der Waals surface area contributed by atoms with Crippen molar-refractivity contribution in [3.8, 4) is 0 Å². The first-order valence-corrected chi connectivity index (χ1v) is 9.55. The van der Waals surface area contributed by atoms with E-state index in [1.165, 1.54) is 31.7 Å². The molecule has 6 heteroatoms. The molecule has 0 bridgehead atoms. The summed E-state index contributed by atoms with van der Waals surface area (Å²) in [6.45, 7) is 12.9. The minimum Gasteiger partial charge on any atom is -0.357 e. The van der Waals surface area contributed by atoms with Crippen molar-refractivity contribution in [3.05, 3.63) is 22.4 Å². The highest BCUT2D eigenvalue weighted by molar-refractivity contribution is 7.07. The Morgan fingerprint density at radius 1 is 1.30 bits per heavy atom. The van der Waals surface area contributed by atoms with Gasteiger partial charge in [-0.05, 0) is 42.3 Å². The highest BCUT2D eigenvalue weighted by atomic mass is 32.1. The fourth-order valence-corrected chi connectivity index (χ4v) is 3.36. The van der Waals surface area contributed by atoms with Gasteiger partial charge in [-0.15, -0.1) is 0 Å². The second-order valence-corrected chi connectivity index (χ2v) is 7.20. The zero-order valence-corrected chi connectivity index (χ0v) is 15.5. The third-order valence-electron chi connectivity index (χ3n) is 4.13. The van der Waals surface area contributed by atoms with Gasteiger partial charge < -0.3 is 20.4 Å². The van der Waals surface area contributed by atoms with Crippen molar-refractivity contribution in [1.82, 2.24) is 20.4 Å². The van der Waals surface area contributed by atoms with Crippen molar-refractivity contribution in [2.24, 2.45) is 10.9 Å². The minimum atomic E-state index is 0.614. The molecule has 2 rings (SSSR count). The van der Waals surface area contributed by atoms with Crippen molar-refractivity contribution >= 4 is 17.3 Å². The third-order valence-corrected chi connectivity index (χ3v) is 4.86. The molecular formula is C17H31N5S. The van der Waals surface area contributed by atoms with Gasteiger partial charge in [-0.2, -0.15) is 11.3 Å². The molecule has 0 amide bonds. The first-order valence-electron chi connectivity index (χ1n) is 8.61. The Hall–Kier alpha value is -1.11. The summed E-state index contributed by atoms with van der Waals surface area (Å²) in [4.78, 5) is 9.64. The summed E-state index contributed by atoms with van der Waals surface area (Å²) in [5.41, 5.74) is 1.28. The topological polar surface area (TPSA) is 42.9 Å². The Kier molecular flexibility index (Phi) is 7.85. The molecule has 1 saturated heterocycles. The zero-order chi connectivity index (χ0) is 16.5. The van der Waals surface area contributed by atoms with E-state index in [9.17, 15) is 0 Å². The van der Waals surface area contributed by atoms with E-state index in [4.69, 9.17) is 0 Å². The van der Waals surface area contributed by atoms with Crippen molar-refractivity contribution < 1.29 is 0 Å². The van der Waals surface area contributed by atoms with Crippen LogP contribution in [0.25, 0.3) is 0 Å². The number of aliphatic imine (C=N–C) groups is 1. The summed E-state index contributed by atoms with van der Waals surface area (Å²) < 4.78 is 0. The smallest absolute Gasteiger partial charge is 0.191 e. The van der Waals surface area contributed by atoms with Gasteiger partial charge in [-0.25, -0.2) is 4.99 Å². The fraction of sp³-hybridized carbons (Fsp3) is 0.706. The number of likely N-dealkylation sites (N-methyl/N-ethyl adjacent to an activating group) is 1. The van der Waals surface area contributed by atoms with E-state index in [0.717, 1.165) is 32.1 Å². The van der Waals surface area contributed by atoms with E-state index in [-0.39, 0.29) is 0 Å². The van der Waals surface area contributed by atoms with Crippen LogP contribution in [-0.2, 0) is 6.54 Å². The Bertz CT molecular complexity index is 452. The molecule has 23 heavy (non-hydrogen) atoms. The fourth-order valence-electron chi connectivity index (χ4n) is 2.70. The summed E-state index contributed by atoms with van der Waals surface area (Å²) in [7, 11) is 2.20. The predicted molar refractivity (Wildman–Crippen MR) is 100 cm³/mol. The van der Waals surface area contributed by atoms with Crippen molar-refractivity contribution in [1.29, 1.82) is 0 Å². The lowest BCUT2D eigenvalue weighted by molar-refractivity contribution is 0.139. The normalized spacial score (nSPS) is 18.8. The first kappa shape index (κ1) is 18.2. The molecule has 5 nitrogen and oxygen atoms in total. The molecule has 1 atom stereocenters. The number of nitrogens with zero attached hydrogens (tertiary/aromatic N) is 3. The molecule has 0 radical (unpaired) electrons. The maximum absolute atomic E-state index is 4.67. The van der Waals surface area contributed by atoms with Gasteiger partial charge in [0.25, 0.3) is 0 Å². The van der Waals surface area contributed by atoms with Crippen LogP contribution in [0.3, 0.4) is 0 Å². The van der Waals surface area contributed by atoms with Crippen LogP contribution in [0.2, 0.25) is 0 Å². The molecule has 0 aromatic carbocycles. The summed E-state index contributed by atoms with van der Waals surface area (Å²) in [5.74, 6) is 1.53. The average molecular weight is 338 g/mol. The minimum absolute atomic E-state index is 0.614. The molecule has 1 aliphatic rings. The summed E-state index contributed by atoms with van der Waals surface area (Å²) in [6, 6.07) is 2.13. The van der Waals surface area contributed by atoms with Gasteiger partial charge in [0.05, 0.1) is 6.54 Å². The lowest BCUT2D eigenvalue weighted by atomic mass is 10.1. The van der Waals surface area contributed by atoms with Gasteiger partial charge in [0, 0.05) is 45.8 Å². The molecular weight excluding hydrogens is 306 g/mol. The second-order valence-electron chi connectivity index (χ2n) is 6.42. The molecule has 1 aromatic rings. The van der Waals surface area contributed by atoms with Gasteiger partial charge in [-0.3, -0.25) is 0 Å². The molecule has 1 unspecified atom stereocenters. The summed E-state index contributed by atoms with van der Waals surface area (Å²) in [6.07, 6.45) is 0. The maximum Gasteiger partial charge on any atom is 0.191 e. The van der Waals surface area contributed by atoms with Gasteiger partial charge in [-0.1, -0.05) is 6.92 Å². The van der Waals surface area contributed by atoms with E-state index in [0.29, 0.717) is 5.92 Å². The molecule has 0 spiro atoms. The SMILES string of the molecule is CCNC(=NCc1ccsc1)NCC(C)CN1CCN(C)CC1. The molecule has 0 aliphatic carbocycles. The van der Waals surface area contributed by atoms with Crippen LogP contribution in [0.4, 0.5) is 0 Å². The van der Waals surface area contributed by atoms with Crippen molar-refractivity contribution in [2.45, 2.75) is 20.4 Å². The van der Waals surface area contributed by atoms with Crippen LogP contribution in [0.15, 0.2) is 21.8 Å². The molecule has 0 saturated carbocycles. The Morgan fingerprint density at radius 3 is 2.74 bits per heavy atom. The third kappa shape index (κ3) is 6.89.